The Morgan fingerprint density at radius 2 is 1.94 bits per heavy atom. The van der Waals surface area contributed by atoms with Crippen molar-refractivity contribution in [3.8, 4) is 6.07 Å². The summed E-state index contributed by atoms with van der Waals surface area (Å²) in [6, 6.07) is 5.49. The molecule has 1 aromatic rings. The van der Waals surface area contributed by atoms with Gasteiger partial charge in [-0.25, -0.2) is 9.18 Å². The van der Waals surface area contributed by atoms with Crippen LogP contribution in [0.15, 0.2) is 18.2 Å². The van der Waals surface area contributed by atoms with Gasteiger partial charge in [-0.05, 0) is 76.8 Å². The number of halogens is 1. The van der Waals surface area contributed by atoms with Crippen LogP contribution in [-0.4, -0.2) is 78.8 Å². The minimum absolute atomic E-state index is 0.0242. The number of piperazine rings is 1. The Bertz CT molecular complexity index is 996. The van der Waals surface area contributed by atoms with Crippen LogP contribution in [0.25, 0.3) is 0 Å². The summed E-state index contributed by atoms with van der Waals surface area (Å²) in [5, 5.41) is 12.6. The molecular weight excluding hydrogens is 449 g/mol. The van der Waals surface area contributed by atoms with Gasteiger partial charge in [-0.3, -0.25) is 9.69 Å². The van der Waals surface area contributed by atoms with Crippen molar-refractivity contribution < 1.29 is 18.7 Å². The van der Waals surface area contributed by atoms with Gasteiger partial charge in [0.1, 0.15) is 23.5 Å². The monoisotopic (exact) mass is 485 g/mol. The maximum absolute atomic E-state index is 14.7. The van der Waals surface area contributed by atoms with Crippen LogP contribution in [0.1, 0.15) is 45.6 Å². The summed E-state index contributed by atoms with van der Waals surface area (Å²) in [6.07, 6.45) is 2.03. The van der Waals surface area contributed by atoms with Gasteiger partial charge in [0, 0.05) is 44.3 Å². The lowest BCUT2D eigenvalue weighted by Gasteiger charge is -2.36. The van der Waals surface area contributed by atoms with Gasteiger partial charge >= 0.3 is 6.09 Å². The van der Waals surface area contributed by atoms with E-state index in [9.17, 15) is 19.2 Å². The molecule has 2 bridgehead atoms. The average molecular weight is 486 g/mol. The van der Waals surface area contributed by atoms with Crippen molar-refractivity contribution in [1.82, 2.24) is 15.1 Å². The number of hydrogen-bond acceptors (Lipinski definition) is 6. The third-order valence-corrected chi connectivity index (χ3v) is 7.25. The molecule has 3 fully saturated rings. The normalized spacial score (nSPS) is 25.3. The third-order valence-electron chi connectivity index (χ3n) is 7.25. The second-order valence-electron chi connectivity index (χ2n) is 11.0. The zero-order chi connectivity index (χ0) is 25.3. The van der Waals surface area contributed by atoms with Crippen molar-refractivity contribution in [2.45, 2.75) is 70.2 Å². The van der Waals surface area contributed by atoms with Crippen molar-refractivity contribution in [2.75, 3.05) is 38.1 Å². The van der Waals surface area contributed by atoms with Gasteiger partial charge < -0.3 is 19.9 Å². The summed E-state index contributed by atoms with van der Waals surface area (Å²) in [7, 11) is 2.08. The predicted octanol–water partition coefficient (Wildman–Crippen LogP) is 2.92. The Kier molecular flexibility index (Phi) is 7.22. The molecule has 2 heterocycles. The number of likely N-dealkylation sites (tertiary alicyclic amines) is 1. The molecule has 2 amide bonds. The number of rotatable bonds is 5. The lowest BCUT2D eigenvalue weighted by molar-refractivity contribution is -0.128. The number of likely N-dealkylation sites (N-methyl/N-ethyl adjacent to an activating group) is 1. The molecule has 0 radical (unpaired) electrons. The first-order chi connectivity index (χ1) is 16.6. The van der Waals surface area contributed by atoms with E-state index in [1.165, 1.54) is 6.07 Å². The van der Waals surface area contributed by atoms with E-state index in [-0.39, 0.29) is 24.3 Å². The molecule has 0 spiro atoms. The SMILES string of the molecule is CN1CCN(c2ccc(F)c(C[C@@H](C#N)NC(=O)[C@@H]3[C@H]4CC[C@H](C4)N3C(=O)OC(C)(C)C)c2)CC1. The summed E-state index contributed by atoms with van der Waals surface area (Å²) in [6.45, 7) is 8.96. The van der Waals surface area contributed by atoms with E-state index in [0.717, 1.165) is 51.1 Å². The Balaban J connectivity index is 1.45. The molecule has 1 saturated carbocycles. The number of carbonyl (C=O) groups excluding carboxylic acids is 2. The average Bonchev–Trinajstić information content (AvgIpc) is 3.41. The fourth-order valence-corrected chi connectivity index (χ4v) is 5.49. The van der Waals surface area contributed by atoms with Crippen molar-refractivity contribution in [2.24, 2.45) is 5.92 Å². The van der Waals surface area contributed by atoms with Crippen molar-refractivity contribution in [3.63, 3.8) is 0 Å². The summed E-state index contributed by atoms with van der Waals surface area (Å²) in [4.78, 5) is 32.2. The summed E-state index contributed by atoms with van der Waals surface area (Å²) in [5.41, 5.74) is 0.647. The number of benzene rings is 1. The molecule has 9 heteroatoms. The predicted molar refractivity (Wildman–Crippen MR) is 130 cm³/mol. The molecule has 0 aromatic heterocycles. The van der Waals surface area contributed by atoms with Crippen LogP contribution in [0.3, 0.4) is 0 Å². The maximum atomic E-state index is 14.7. The van der Waals surface area contributed by atoms with Gasteiger partial charge in [-0.2, -0.15) is 5.26 Å². The van der Waals surface area contributed by atoms with Crippen LogP contribution in [0.5, 0.6) is 0 Å². The first-order valence-electron chi connectivity index (χ1n) is 12.5. The van der Waals surface area contributed by atoms with Gasteiger partial charge in [0.05, 0.1) is 6.07 Å². The number of ether oxygens (including phenoxy) is 1. The van der Waals surface area contributed by atoms with Crippen LogP contribution in [0.4, 0.5) is 14.9 Å². The zero-order valence-electron chi connectivity index (χ0n) is 21.1. The van der Waals surface area contributed by atoms with E-state index in [1.54, 1.807) is 37.8 Å². The molecular formula is C26H36FN5O3. The van der Waals surface area contributed by atoms with E-state index in [0.29, 0.717) is 5.56 Å². The van der Waals surface area contributed by atoms with Gasteiger partial charge in [0.15, 0.2) is 0 Å². The van der Waals surface area contributed by atoms with E-state index in [4.69, 9.17) is 4.74 Å². The fourth-order valence-electron chi connectivity index (χ4n) is 5.49. The van der Waals surface area contributed by atoms with Crippen molar-refractivity contribution >= 4 is 17.7 Å². The fraction of sp³-hybridized carbons (Fsp3) is 0.654. The number of carbonyl (C=O) groups is 2. The molecule has 4 rings (SSSR count). The molecule has 190 valence electrons. The van der Waals surface area contributed by atoms with E-state index < -0.39 is 29.6 Å². The lowest BCUT2D eigenvalue weighted by atomic mass is 9.97. The van der Waals surface area contributed by atoms with Crippen LogP contribution in [-0.2, 0) is 16.0 Å². The number of piperidine rings is 1. The van der Waals surface area contributed by atoms with Crippen LogP contribution >= 0.6 is 0 Å². The Morgan fingerprint density at radius 1 is 1.23 bits per heavy atom. The molecule has 2 saturated heterocycles. The molecule has 1 N–H and O–H groups in total. The highest BCUT2D eigenvalue weighted by molar-refractivity contribution is 5.87. The second-order valence-corrected chi connectivity index (χ2v) is 11.0. The Morgan fingerprint density at radius 3 is 2.60 bits per heavy atom. The van der Waals surface area contributed by atoms with Crippen molar-refractivity contribution in [3.05, 3.63) is 29.6 Å². The lowest BCUT2D eigenvalue weighted by Crippen LogP contribution is -2.55. The van der Waals surface area contributed by atoms with Crippen LogP contribution in [0.2, 0.25) is 0 Å². The Labute approximate surface area is 207 Å². The third kappa shape index (κ3) is 5.69. The number of nitrogens with one attached hydrogen (secondary N) is 1. The molecule has 3 aliphatic rings. The number of hydrogen-bond donors (Lipinski definition) is 1. The summed E-state index contributed by atoms with van der Waals surface area (Å²) < 4.78 is 20.2. The van der Waals surface area contributed by atoms with Crippen LogP contribution < -0.4 is 10.2 Å². The van der Waals surface area contributed by atoms with Gasteiger partial charge in [0.25, 0.3) is 0 Å². The van der Waals surface area contributed by atoms with E-state index in [1.807, 2.05) is 0 Å². The first kappa shape index (κ1) is 25.2. The number of fused-ring (bicyclic) bond motifs is 2. The standard InChI is InChI=1S/C26H36FN5O3/c1-26(2,3)35-25(34)32-21-6-5-17(14-21)23(32)24(33)29-19(16-28)13-18-15-20(7-8-22(18)27)31-11-9-30(4)10-12-31/h7-8,15,17,19,21,23H,5-6,9-14H2,1-4H3,(H,29,33)/t17-,19-,21+,23-/m0/s1. The molecule has 1 aromatic carbocycles. The van der Waals surface area contributed by atoms with Gasteiger partial charge in [-0.15, -0.1) is 0 Å². The first-order valence-corrected chi connectivity index (χ1v) is 12.5. The molecule has 0 unspecified atom stereocenters. The smallest absolute Gasteiger partial charge is 0.411 e. The van der Waals surface area contributed by atoms with E-state index >= 15 is 0 Å². The second kappa shape index (κ2) is 10.0. The number of nitrogens with zero attached hydrogens (tertiary/aromatic N) is 4. The topological polar surface area (TPSA) is 88.9 Å². The van der Waals surface area contributed by atoms with Gasteiger partial charge in [0.2, 0.25) is 5.91 Å². The molecule has 8 nitrogen and oxygen atoms in total. The van der Waals surface area contributed by atoms with E-state index in [2.05, 4.69) is 28.2 Å². The molecule has 35 heavy (non-hydrogen) atoms. The number of nitriles is 1. The molecule has 2 aliphatic heterocycles. The zero-order valence-corrected chi connectivity index (χ0v) is 21.1. The molecule has 4 atom stereocenters. The highest BCUT2D eigenvalue weighted by Crippen LogP contribution is 2.43. The summed E-state index contributed by atoms with van der Waals surface area (Å²) in [5.74, 6) is -0.720. The Hall–Kier alpha value is -2.86. The quantitative estimate of drug-likeness (QED) is 0.690. The highest BCUT2D eigenvalue weighted by Gasteiger charge is 2.52. The van der Waals surface area contributed by atoms with Crippen LogP contribution in [0, 0.1) is 23.1 Å². The number of amides is 2. The molecule has 1 aliphatic carbocycles. The minimum Gasteiger partial charge on any atom is -0.444 e. The summed E-state index contributed by atoms with van der Waals surface area (Å²) >= 11 is 0. The maximum Gasteiger partial charge on any atom is 0.411 e. The minimum atomic E-state index is -0.903. The largest absolute Gasteiger partial charge is 0.444 e. The highest BCUT2D eigenvalue weighted by atomic mass is 19.1. The van der Waals surface area contributed by atoms with Crippen molar-refractivity contribution in [1.29, 1.82) is 5.26 Å². The number of anilines is 1. The van der Waals surface area contributed by atoms with Gasteiger partial charge in [-0.1, -0.05) is 0 Å².